The van der Waals surface area contributed by atoms with Gasteiger partial charge in [0.1, 0.15) is 5.54 Å². The van der Waals surface area contributed by atoms with Gasteiger partial charge in [0.2, 0.25) is 5.88 Å². The molecule has 1 atom stereocenters. The summed E-state index contributed by atoms with van der Waals surface area (Å²) in [6.45, 7) is 2.69. The first-order valence-electron chi connectivity index (χ1n) is 9.46. The first-order chi connectivity index (χ1) is 13.1. The summed E-state index contributed by atoms with van der Waals surface area (Å²) in [4.78, 5) is 30.1. The molecule has 0 radical (unpaired) electrons. The van der Waals surface area contributed by atoms with Gasteiger partial charge in [0.05, 0.1) is 25.4 Å². The number of anilines is 1. The molecule has 1 aromatic rings. The number of rotatable bonds is 9. The normalized spacial score (nSPS) is 20.1. The first kappa shape index (κ1) is 20.3. The van der Waals surface area contributed by atoms with Crippen molar-refractivity contribution in [2.24, 2.45) is 5.92 Å². The molecule has 1 aliphatic heterocycles. The maximum absolute atomic E-state index is 13.3. The second-order valence-corrected chi connectivity index (χ2v) is 7.82. The van der Waals surface area contributed by atoms with Crippen LogP contribution in [0.25, 0.3) is 0 Å². The van der Waals surface area contributed by atoms with Gasteiger partial charge in [-0.15, -0.1) is 0 Å². The quantitative estimate of drug-likeness (QED) is 0.666. The van der Waals surface area contributed by atoms with Crippen LogP contribution in [-0.2, 0) is 4.79 Å². The highest BCUT2D eigenvalue weighted by Crippen LogP contribution is 2.35. The lowest BCUT2D eigenvalue weighted by Crippen LogP contribution is -2.57. The van der Waals surface area contributed by atoms with E-state index in [0.29, 0.717) is 18.9 Å². The van der Waals surface area contributed by atoms with Gasteiger partial charge in [0.15, 0.2) is 5.69 Å². The lowest BCUT2D eigenvalue weighted by molar-refractivity contribution is -0.144. The zero-order valence-electron chi connectivity index (χ0n) is 16.0. The third-order valence-electron chi connectivity index (χ3n) is 5.02. The maximum Gasteiger partial charge on any atom is 0.329 e. The fourth-order valence-corrected chi connectivity index (χ4v) is 3.14. The number of ether oxygens (including phenoxy) is 1. The monoisotopic (exact) mass is 397 g/mol. The predicted molar refractivity (Wildman–Crippen MR) is 98.0 cm³/mol. The number of carboxylic acids is 1. The van der Waals surface area contributed by atoms with E-state index in [1.807, 2.05) is 6.92 Å². The van der Waals surface area contributed by atoms with Gasteiger partial charge in [-0.1, -0.05) is 13.3 Å². The minimum absolute atomic E-state index is 0.104. The van der Waals surface area contributed by atoms with E-state index in [1.165, 1.54) is 17.9 Å². The molecule has 0 unspecified atom stereocenters. The van der Waals surface area contributed by atoms with Crippen molar-refractivity contribution in [3.63, 3.8) is 0 Å². The molecule has 0 aromatic carbocycles. The van der Waals surface area contributed by atoms with E-state index in [1.54, 1.807) is 6.07 Å². The molecule has 0 spiro atoms. The molecule has 1 saturated carbocycles. The van der Waals surface area contributed by atoms with Gasteiger partial charge in [-0.3, -0.25) is 4.79 Å². The largest absolute Gasteiger partial charge is 0.480 e. The number of alkyl halides is 2. The van der Waals surface area contributed by atoms with E-state index < -0.39 is 36.4 Å². The highest BCUT2D eigenvalue weighted by molar-refractivity contribution is 6.00. The van der Waals surface area contributed by atoms with E-state index in [0.717, 1.165) is 12.8 Å². The molecule has 9 heteroatoms. The summed E-state index contributed by atoms with van der Waals surface area (Å²) in [5, 5.41) is 12.0. The predicted octanol–water partition coefficient (Wildman–Crippen LogP) is 2.70. The number of hydrogen-bond acceptors (Lipinski definition) is 5. The molecule has 1 amide bonds. The molecule has 2 fully saturated rings. The first-order valence-corrected chi connectivity index (χ1v) is 9.46. The number of carbonyl (C=O) groups is 2. The second-order valence-electron chi connectivity index (χ2n) is 7.82. The molecule has 2 N–H and O–H groups in total. The Kier molecular flexibility index (Phi) is 5.45. The molecule has 2 heterocycles. The smallest absolute Gasteiger partial charge is 0.329 e. The summed E-state index contributed by atoms with van der Waals surface area (Å²) in [6, 6.07) is 3.07. The van der Waals surface area contributed by atoms with Gasteiger partial charge >= 0.3 is 5.97 Å². The van der Waals surface area contributed by atoms with E-state index in [4.69, 9.17) is 4.74 Å². The average Bonchev–Trinajstić information content (AvgIpc) is 3.42. The van der Waals surface area contributed by atoms with E-state index >= 15 is 0 Å². The number of aromatic nitrogens is 1. The minimum atomic E-state index is -2.81. The summed E-state index contributed by atoms with van der Waals surface area (Å²) in [5.74, 6) is -4.00. The van der Waals surface area contributed by atoms with Crippen LogP contribution in [0.3, 0.4) is 0 Å². The van der Waals surface area contributed by atoms with Crippen molar-refractivity contribution in [2.45, 2.75) is 51.0 Å². The number of amides is 1. The van der Waals surface area contributed by atoms with Crippen molar-refractivity contribution in [1.29, 1.82) is 0 Å². The Morgan fingerprint density at radius 1 is 1.39 bits per heavy atom. The fourth-order valence-electron chi connectivity index (χ4n) is 3.14. The summed E-state index contributed by atoms with van der Waals surface area (Å²) in [6.07, 6.45) is 2.94. The van der Waals surface area contributed by atoms with Crippen LogP contribution in [0.2, 0.25) is 0 Å². The van der Waals surface area contributed by atoms with Crippen LogP contribution in [-0.4, -0.2) is 53.1 Å². The molecule has 7 nitrogen and oxygen atoms in total. The number of nitrogens with one attached hydrogen (secondary N) is 1. The number of carboxylic acid groups (broad SMARTS) is 1. The Balaban J connectivity index is 1.84. The maximum atomic E-state index is 13.3. The topological polar surface area (TPSA) is 91.8 Å². The standard InChI is InChI=1S/C19H25F2N3O4/c1-3-8-18(2,17(26)27)23-16(25)15-13(24-10-19(20,21)11-24)6-7-14(22-15)28-9-12-4-5-12/h6-7,12H,3-5,8-11H2,1-2H3,(H,23,25)(H,26,27)/t18-/m0/s1. The van der Waals surface area contributed by atoms with Crippen LogP contribution in [0.4, 0.5) is 14.5 Å². The number of hydrogen-bond donors (Lipinski definition) is 2. The number of nitrogens with zero attached hydrogens (tertiary/aromatic N) is 2. The Bertz CT molecular complexity index is 762. The Labute approximate surface area is 162 Å². The lowest BCUT2D eigenvalue weighted by Gasteiger charge is -2.41. The molecule has 0 bridgehead atoms. The fraction of sp³-hybridized carbons (Fsp3) is 0.632. The van der Waals surface area contributed by atoms with Gasteiger partial charge in [0.25, 0.3) is 11.8 Å². The molecule has 3 rings (SSSR count). The molecular weight excluding hydrogens is 372 g/mol. The molecule has 1 aromatic heterocycles. The number of halogens is 2. The lowest BCUT2D eigenvalue weighted by atomic mass is 9.96. The van der Waals surface area contributed by atoms with Crippen molar-refractivity contribution in [3.05, 3.63) is 17.8 Å². The van der Waals surface area contributed by atoms with Crippen LogP contribution in [0.5, 0.6) is 5.88 Å². The number of carbonyl (C=O) groups excluding carboxylic acids is 1. The molecule has 1 aliphatic carbocycles. The van der Waals surface area contributed by atoms with Gasteiger partial charge in [-0.05, 0) is 38.2 Å². The number of aliphatic carboxylic acids is 1. The van der Waals surface area contributed by atoms with Crippen LogP contribution in [0.15, 0.2) is 12.1 Å². The summed E-state index contributed by atoms with van der Waals surface area (Å²) in [5.41, 5.74) is -1.34. The molecular formula is C19H25F2N3O4. The highest BCUT2D eigenvalue weighted by atomic mass is 19.3. The summed E-state index contributed by atoms with van der Waals surface area (Å²) in [7, 11) is 0. The summed E-state index contributed by atoms with van der Waals surface area (Å²) >= 11 is 0. The molecule has 154 valence electrons. The third-order valence-corrected chi connectivity index (χ3v) is 5.02. The number of pyridine rings is 1. The van der Waals surface area contributed by atoms with Crippen LogP contribution >= 0.6 is 0 Å². The van der Waals surface area contributed by atoms with Crippen molar-refractivity contribution in [1.82, 2.24) is 10.3 Å². The van der Waals surface area contributed by atoms with Crippen LogP contribution < -0.4 is 15.0 Å². The Hall–Kier alpha value is -2.45. The third kappa shape index (κ3) is 4.51. The van der Waals surface area contributed by atoms with Crippen LogP contribution in [0, 0.1) is 5.92 Å². The van der Waals surface area contributed by atoms with Crippen molar-refractivity contribution in [2.75, 3.05) is 24.6 Å². The zero-order valence-corrected chi connectivity index (χ0v) is 16.0. The van der Waals surface area contributed by atoms with Gasteiger partial charge < -0.3 is 20.1 Å². The SMILES string of the molecule is CCC[C@](C)(NC(=O)c1nc(OCC2CC2)ccc1N1CC(F)(F)C1)C(=O)O. The van der Waals surface area contributed by atoms with Gasteiger partial charge in [-0.2, -0.15) is 0 Å². The Morgan fingerprint density at radius 3 is 2.61 bits per heavy atom. The molecule has 1 saturated heterocycles. The molecule has 28 heavy (non-hydrogen) atoms. The minimum Gasteiger partial charge on any atom is -0.480 e. The average molecular weight is 397 g/mol. The van der Waals surface area contributed by atoms with Crippen molar-refractivity contribution in [3.8, 4) is 5.88 Å². The van der Waals surface area contributed by atoms with Gasteiger partial charge in [-0.25, -0.2) is 18.6 Å². The van der Waals surface area contributed by atoms with Crippen LogP contribution in [0.1, 0.15) is 50.0 Å². The van der Waals surface area contributed by atoms with Crippen molar-refractivity contribution >= 4 is 17.6 Å². The van der Waals surface area contributed by atoms with E-state index in [2.05, 4.69) is 10.3 Å². The highest BCUT2D eigenvalue weighted by Gasteiger charge is 2.45. The van der Waals surface area contributed by atoms with E-state index in [9.17, 15) is 23.5 Å². The van der Waals surface area contributed by atoms with Gasteiger partial charge in [0, 0.05) is 6.07 Å². The Morgan fingerprint density at radius 2 is 2.07 bits per heavy atom. The summed E-state index contributed by atoms with van der Waals surface area (Å²) < 4.78 is 32.2. The zero-order chi connectivity index (χ0) is 20.5. The van der Waals surface area contributed by atoms with E-state index in [-0.39, 0.29) is 23.7 Å². The second kappa shape index (κ2) is 7.52. The molecule has 2 aliphatic rings. The van der Waals surface area contributed by atoms with Crippen molar-refractivity contribution < 1.29 is 28.2 Å².